The highest BCUT2D eigenvalue weighted by Crippen LogP contribution is 2.29. The van der Waals surface area contributed by atoms with E-state index >= 15 is 0 Å². The van der Waals surface area contributed by atoms with Crippen LogP contribution in [0, 0.1) is 0 Å². The van der Waals surface area contributed by atoms with E-state index < -0.39 is 6.10 Å². The molecule has 0 aromatic heterocycles. The van der Waals surface area contributed by atoms with Crippen molar-refractivity contribution < 1.29 is 5.11 Å². The van der Waals surface area contributed by atoms with E-state index in [1.807, 2.05) is 66.7 Å². The molecule has 0 fully saturated rings. The molecule has 5 heteroatoms. The van der Waals surface area contributed by atoms with Gasteiger partial charge < -0.3 is 5.11 Å². The van der Waals surface area contributed by atoms with E-state index in [1.54, 1.807) is 12.1 Å². The van der Waals surface area contributed by atoms with Crippen LogP contribution in [0.25, 0.3) is 0 Å². The second-order valence-electron chi connectivity index (χ2n) is 6.88. The fourth-order valence-electron chi connectivity index (χ4n) is 3.06. The highest BCUT2D eigenvalue weighted by Gasteiger charge is 2.13. The number of halogens is 4. The molecule has 0 heterocycles. The maximum atomic E-state index is 10.2. The molecule has 1 nitrogen and oxygen atoms in total. The monoisotopic (exact) mass is 576 g/mol. The predicted octanol–water partition coefficient (Wildman–Crippen LogP) is 8.88. The summed E-state index contributed by atoms with van der Waals surface area (Å²) in [6, 6.07) is 31.1. The molecule has 31 heavy (non-hydrogen) atoms. The lowest BCUT2D eigenvalue weighted by Crippen LogP contribution is -2.00. The maximum Gasteiger partial charge on any atom is 0.105 e. The summed E-state index contributed by atoms with van der Waals surface area (Å²) in [4.78, 5) is 0. The van der Waals surface area contributed by atoms with Gasteiger partial charge >= 0.3 is 0 Å². The van der Waals surface area contributed by atoms with Crippen LogP contribution in [-0.4, -0.2) is 5.11 Å². The van der Waals surface area contributed by atoms with Gasteiger partial charge in [-0.2, -0.15) is 0 Å². The highest BCUT2D eigenvalue weighted by molar-refractivity contribution is 9.10. The van der Waals surface area contributed by atoms with Crippen molar-refractivity contribution in [1.29, 1.82) is 0 Å². The smallest absolute Gasteiger partial charge is 0.105 e. The Morgan fingerprint density at radius 3 is 1.94 bits per heavy atom. The Morgan fingerprint density at radius 1 is 0.677 bits per heavy atom. The number of hydrogen-bond donors (Lipinski definition) is 1. The number of benzene rings is 4. The average Bonchev–Trinajstić information content (AvgIpc) is 2.76. The van der Waals surface area contributed by atoms with Crippen LogP contribution in [0.3, 0.4) is 0 Å². The summed E-state index contributed by atoms with van der Waals surface area (Å²) in [5.41, 5.74) is 4.14. The van der Waals surface area contributed by atoms with Crippen molar-refractivity contribution in [3.8, 4) is 0 Å². The van der Waals surface area contributed by atoms with Crippen molar-refractivity contribution in [3.63, 3.8) is 0 Å². The van der Waals surface area contributed by atoms with Crippen molar-refractivity contribution in [3.05, 3.63) is 138 Å². The first-order valence-corrected chi connectivity index (χ1v) is 11.9. The molecule has 1 unspecified atom stereocenters. The van der Waals surface area contributed by atoms with Crippen LogP contribution in [0.15, 0.2) is 106 Å². The number of rotatable bonds is 4. The van der Waals surface area contributed by atoms with Gasteiger partial charge in [-0.1, -0.05) is 116 Å². The van der Waals surface area contributed by atoms with E-state index in [4.69, 9.17) is 23.2 Å². The fourth-order valence-corrected chi connectivity index (χ4v) is 4.40. The molecule has 4 rings (SSSR count). The average molecular weight is 579 g/mol. The number of hydrogen-bond acceptors (Lipinski definition) is 1. The van der Waals surface area contributed by atoms with Crippen molar-refractivity contribution in [2.45, 2.75) is 12.5 Å². The van der Waals surface area contributed by atoms with Gasteiger partial charge in [-0.05, 0) is 65.1 Å². The molecule has 0 radical (unpaired) electrons. The molecule has 1 N–H and O–H groups in total. The molecule has 0 saturated carbocycles. The Morgan fingerprint density at radius 2 is 1.29 bits per heavy atom. The second kappa shape index (κ2) is 11.8. The third-order valence-electron chi connectivity index (χ3n) is 4.61. The SMILES string of the molecule is Clc1cccc(Cc2ccccc2Br)c1.OC(c1cccc(Cl)c1)c1ccccc1Br. The van der Waals surface area contributed by atoms with Crippen molar-refractivity contribution in [1.82, 2.24) is 0 Å². The summed E-state index contributed by atoms with van der Waals surface area (Å²) in [7, 11) is 0. The largest absolute Gasteiger partial charge is 0.384 e. The summed E-state index contributed by atoms with van der Waals surface area (Å²) in [6.07, 6.45) is 0.247. The van der Waals surface area contributed by atoms with E-state index in [0.29, 0.717) is 5.02 Å². The minimum absolute atomic E-state index is 0.628. The van der Waals surface area contributed by atoms with Crippen LogP contribution < -0.4 is 0 Å². The van der Waals surface area contributed by atoms with Gasteiger partial charge in [0.1, 0.15) is 6.10 Å². The van der Waals surface area contributed by atoms with Crippen LogP contribution in [-0.2, 0) is 6.42 Å². The molecular formula is C26H20Br2Cl2O. The summed E-state index contributed by atoms with van der Waals surface area (Å²) in [5, 5.41) is 11.6. The second-order valence-corrected chi connectivity index (χ2v) is 9.46. The van der Waals surface area contributed by atoms with E-state index in [0.717, 1.165) is 31.5 Å². The summed E-state index contributed by atoms with van der Waals surface area (Å²) >= 11 is 18.8. The third-order valence-corrected chi connectivity index (χ3v) is 6.57. The van der Waals surface area contributed by atoms with Gasteiger partial charge in [0.05, 0.1) is 0 Å². The van der Waals surface area contributed by atoms with Crippen LogP contribution in [0.2, 0.25) is 10.0 Å². The molecular weight excluding hydrogens is 559 g/mol. The molecule has 4 aromatic carbocycles. The van der Waals surface area contributed by atoms with E-state index in [-0.39, 0.29) is 0 Å². The van der Waals surface area contributed by atoms with E-state index in [2.05, 4.69) is 50.1 Å². The van der Waals surface area contributed by atoms with Crippen molar-refractivity contribution >= 4 is 55.1 Å². The van der Waals surface area contributed by atoms with Crippen LogP contribution >= 0.6 is 55.1 Å². The van der Waals surface area contributed by atoms with Crippen molar-refractivity contribution in [2.75, 3.05) is 0 Å². The Hall–Kier alpha value is -1.62. The molecule has 0 amide bonds. The molecule has 0 aliphatic carbocycles. The Bertz CT molecular complexity index is 1150. The van der Waals surface area contributed by atoms with Gasteiger partial charge in [-0.25, -0.2) is 0 Å². The zero-order chi connectivity index (χ0) is 22.2. The standard InChI is InChI=1S/C13H10BrClO.C13H10BrCl/c14-12-7-2-1-6-11(12)13(16)9-4-3-5-10(15)8-9;14-13-7-2-1-5-11(13)8-10-4-3-6-12(15)9-10/h1-8,13,16H;1-7,9H,8H2. The molecule has 158 valence electrons. The van der Waals surface area contributed by atoms with Gasteiger partial charge in [-0.15, -0.1) is 0 Å². The highest BCUT2D eigenvalue weighted by atomic mass is 79.9. The quantitative estimate of drug-likeness (QED) is 0.256. The van der Waals surface area contributed by atoms with Crippen LogP contribution in [0.5, 0.6) is 0 Å². The predicted molar refractivity (Wildman–Crippen MR) is 138 cm³/mol. The lowest BCUT2D eigenvalue weighted by molar-refractivity contribution is 0.219. The third kappa shape index (κ3) is 7.20. The summed E-state index contributed by atoms with van der Waals surface area (Å²) in [5.74, 6) is 0. The first-order valence-electron chi connectivity index (χ1n) is 9.60. The van der Waals surface area contributed by atoms with Crippen LogP contribution in [0.1, 0.15) is 28.4 Å². The maximum absolute atomic E-state index is 10.2. The first-order chi connectivity index (χ1) is 14.9. The lowest BCUT2D eigenvalue weighted by atomic mass is 10.0. The minimum Gasteiger partial charge on any atom is -0.384 e. The van der Waals surface area contributed by atoms with E-state index in [9.17, 15) is 5.11 Å². The molecule has 0 spiro atoms. The topological polar surface area (TPSA) is 20.2 Å². The zero-order valence-corrected chi connectivity index (χ0v) is 21.2. The van der Waals surface area contributed by atoms with Gasteiger partial charge in [0.2, 0.25) is 0 Å². The number of aliphatic hydroxyl groups is 1. The summed E-state index contributed by atoms with van der Waals surface area (Å²) < 4.78 is 2.03. The zero-order valence-electron chi connectivity index (χ0n) is 16.5. The van der Waals surface area contributed by atoms with Gasteiger partial charge in [0, 0.05) is 19.0 Å². The minimum atomic E-state index is -0.658. The van der Waals surface area contributed by atoms with Gasteiger partial charge in [0.25, 0.3) is 0 Å². The van der Waals surface area contributed by atoms with Crippen LogP contribution in [0.4, 0.5) is 0 Å². The first kappa shape index (κ1) is 24.0. The number of aliphatic hydroxyl groups excluding tert-OH is 1. The normalized spacial score (nSPS) is 11.4. The molecule has 1 atom stereocenters. The Kier molecular flexibility index (Phi) is 9.18. The molecule has 0 aliphatic rings. The Labute approximate surface area is 209 Å². The molecule has 0 bridgehead atoms. The van der Waals surface area contributed by atoms with Crippen molar-refractivity contribution in [2.24, 2.45) is 0 Å². The van der Waals surface area contributed by atoms with Gasteiger partial charge in [0.15, 0.2) is 0 Å². The molecule has 0 aliphatic heterocycles. The fraction of sp³-hybridized carbons (Fsp3) is 0.0769. The van der Waals surface area contributed by atoms with E-state index in [1.165, 1.54) is 11.1 Å². The summed E-state index contributed by atoms with van der Waals surface area (Å²) in [6.45, 7) is 0. The molecule has 0 saturated heterocycles. The lowest BCUT2D eigenvalue weighted by Gasteiger charge is -2.13. The molecule has 4 aromatic rings. The van der Waals surface area contributed by atoms with Gasteiger partial charge in [-0.3, -0.25) is 0 Å². The Balaban J connectivity index is 0.000000176.